The molecule has 6 heteroatoms. The third-order valence-corrected chi connectivity index (χ3v) is 5.59. The van der Waals surface area contributed by atoms with Gasteiger partial charge < -0.3 is 10.1 Å². The molecule has 96 valence electrons. The van der Waals surface area contributed by atoms with Crippen molar-refractivity contribution in [3.8, 4) is 5.88 Å². The van der Waals surface area contributed by atoms with Gasteiger partial charge in [0.2, 0.25) is 5.88 Å². The Bertz CT molecular complexity index is 511. The molecule has 2 heterocycles. The Morgan fingerprint density at radius 2 is 2.17 bits per heavy atom. The van der Waals surface area contributed by atoms with Crippen molar-refractivity contribution in [2.24, 2.45) is 0 Å². The summed E-state index contributed by atoms with van der Waals surface area (Å²) in [5, 5.41) is 3.40. The van der Waals surface area contributed by atoms with Gasteiger partial charge in [-0.25, -0.2) is 4.98 Å². The minimum Gasteiger partial charge on any atom is -0.481 e. The second-order valence-electron chi connectivity index (χ2n) is 3.64. The van der Waals surface area contributed by atoms with E-state index in [4.69, 9.17) is 4.74 Å². The monoisotopic (exact) mass is 390 g/mol. The number of aromatic nitrogens is 1. The van der Waals surface area contributed by atoms with Crippen LogP contribution in [0.4, 0.5) is 0 Å². The molecule has 0 amide bonds. The first-order chi connectivity index (χ1) is 8.69. The first-order valence-electron chi connectivity index (χ1n) is 5.32. The van der Waals surface area contributed by atoms with Crippen LogP contribution < -0.4 is 10.1 Å². The van der Waals surface area contributed by atoms with Crippen molar-refractivity contribution in [2.45, 2.75) is 13.1 Å². The molecule has 1 N–H and O–H groups in total. The molecule has 0 fully saturated rings. The van der Waals surface area contributed by atoms with E-state index in [-0.39, 0.29) is 0 Å². The standard InChI is InChI=1S/C12H12Br2N2OS/c1-17-11-4-8(2-3-16-11)6-15-7-9-5-10(13)12(14)18-9/h2-5,15H,6-7H2,1H3. The topological polar surface area (TPSA) is 34.1 Å². The minimum atomic E-state index is 0.649. The van der Waals surface area contributed by atoms with E-state index in [1.165, 1.54) is 4.88 Å². The molecule has 0 bridgehead atoms. The van der Waals surface area contributed by atoms with Crippen molar-refractivity contribution in [3.05, 3.63) is 43.1 Å². The highest BCUT2D eigenvalue weighted by molar-refractivity contribution is 9.13. The van der Waals surface area contributed by atoms with E-state index in [0.717, 1.165) is 26.9 Å². The molecule has 0 aromatic carbocycles. The second kappa shape index (κ2) is 6.65. The van der Waals surface area contributed by atoms with E-state index < -0.39 is 0 Å². The molecule has 2 aromatic heterocycles. The van der Waals surface area contributed by atoms with Gasteiger partial charge in [-0.05, 0) is 49.6 Å². The lowest BCUT2D eigenvalue weighted by molar-refractivity contribution is 0.397. The van der Waals surface area contributed by atoms with Crippen LogP contribution >= 0.6 is 43.2 Å². The molecule has 18 heavy (non-hydrogen) atoms. The molecule has 0 radical (unpaired) electrons. The van der Waals surface area contributed by atoms with Crippen molar-refractivity contribution in [2.75, 3.05) is 7.11 Å². The molecule has 0 atom stereocenters. The van der Waals surface area contributed by atoms with Crippen molar-refractivity contribution in [1.29, 1.82) is 0 Å². The molecular weight excluding hydrogens is 380 g/mol. The predicted molar refractivity (Wildman–Crippen MR) is 81.1 cm³/mol. The fourth-order valence-electron chi connectivity index (χ4n) is 1.48. The Hall–Kier alpha value is -0.430. The average Bonchev–Trinajstić information content (AvgIpc) is 2.69. The Balaban J connectivity index is 1.88. The lowest BCUT2D eigenvalue weighted by Crippen LogP contribution is -2.11. The van der Waals surface area contributed by atoms with Crippen LogP contribution in [0.2, 0.25) is 0 Å². The molecule has 3 nitrogen and oxygen atoms in total. The van der Waals surface area contributed by atoms with E-state index in [9.17, 15) is 0 Å². The fourth-order valence-corrected chi connectivity index (χ4v) is 3.63. The molecule has 0 unspecified atom stereocenters. The van der Waals surface area contributed by atoms with Crippen LogP contribution in [0.5, 0.6) is 5.88 Å². The molecule has 0 saturated heterocycles. The molecular formula is C12H12Br2N2OS. The van der Waals surface area contributed by atoms with Crippen LogP contribution in [-0.4, -0.2) is 12.1 Å². The van der Waals surface area contributed by atoms with Gasteiger partial charge in [-0.15, -0.1) is 11.3 Å². The van der Waals surface area contributed by atoms with Crippen molar-refractivity contribution >= 4 is 43.2 Å². The summed E-state index contributed by atoms with van der Waals surface area (Å²) in [6, 6.07) is 6.04. The Morgan fingerprint density at radius 3 is 2.83 bits per heavy atom. The number of thiophene rings is 1. The summed E-state index contributed by atoms with van der Waals surface area (Å²) in [5.41, 5.74) is 1.16. The van der Waals surface area contributed by atoms with Gasteiger partial charge in [0, 0.05) is 34.7 Å². The summed E-state index contributed by atoms with van der Waals surface area (Å²) < 4.78 is 7.33. The number of hydrogen-bond donors (Lipinski definition) is 1. The van der Waals surface area contributed by atoms with E-state index >= 15 is 0 Å². The van der Waals surface area contributed by atoms with Gasteiger partial charge in [-0.2, -0.15) is 0 Å². The maximum Gasteiger partial charge on any atom is 0.213 e. The van der Waals surface area contributed by atoms with Gasteiger partial charge in [0.25, 0.3) is 0 Å². The van der Waals surface area contributed by atoms with E-state index in [1.807, 2.05) is 12.1 Å². The Labute approximate surface area is 127 Å². The lowest BCUT2D eigenvalue weighted by atomic mass is 10.2. The van der Waals surface area contributed by atoms with Gasteiger partial charge >= 0.3 is 0 Å². The molecule has 2 rings (SSSR count). The SMILES string of the molecule is COc1cc(CNCc2cc(Br)c(Br)s2)ccn1. The van der Waals surface area contributed by atoms with Gasteiger partial charge in [0.15, 0.2) is 0 Å². The summed E-state index contributed by atoms with van der Waals surface area (Å²) in [6.45, 7) is 1.64. The number of ether oxygens (including phenoxy) is 1. The van der Waals surface area contributed by atoms with Gasteiger partial charge in [-0.1, -0.05) is 0 Å². The second-order valence-corrected chi connectivity index (χ2v) is 6.95. The van der Waals surface area contributed by atoms with Crippen molar-refractivity contribution < 1.29 is 4.74 Å². The highest BCUT2D eigenvalue weighted by Crippen LogP contribution is 2.32. The number of halogens is 2. The maximum absolute atomic E-state index is 5.09. The average molecular weight is 392 g/mol. The quantitative estimate of drug-likeness (QED) is 0.837. The zero-order chi connectivity index (χ0) is 13.0. The van der Waals surface area contributed by atoms with E-state index in [2.05, 4.69) is 48.2 Å². The highest BCUT2D eigenvalue weighted by atomic mass is 79.9. The first kappa shape index (κ1) is 14.0. The van der Waals surface area contributed by atoms with Gasteiger partial charge in [0.1, 0.15) is 0 Å². The molecule has 0 aliphatic rings. The summed E-state index contributed by atoms with van der Waals surface area (Å²) in [4.78, 5) is 5.37. The van der Waals surface area contributed by atoms with Crippen LogP contribution in [0.25, 0.3) is 0 Å². The highest BCUT2D eigenvalue weighted by Gasteiger charge is 2.03. The summed E-state index contributed by atoms with van der Waals surface area (Å²) >= 11 is 8.70. The Morgan fingerprint density at radius 1 is 1.33 bits per heavy atom. The van der Waals surface area contributed by atoms with Crippen molar-refractivity contribution in [1.82, 2.24) is 10.3 Å². The smallest absolute Gasteiger partial charge is 0.213 e. The van der Waals surface area contributed by atoms with Gasteiger partial charge in [0.05, 0.1) is 10.9 Å². The summed E-state index contributed by atoms with van der Waals surface area (Å²) in [5.74, 6) is 0.649. The third-order valence-electron chi connectivity index (χ3n) is 2.33. The summed E-state index contributed by atoms with van der Waals surface area (Å²) in [7, 11) is 1.63. The zero-order valence-corrected chi connectivity index (χ0v) is 13.7. The van der Waals surface area contributed by atoms with Gasteiger partial charge in [-0.3, -0.25) is 0 Å². The molecule has 0 spiro atoms. The molecule has 2 aromatic rings. The number of hydrogen-bond acceptors (Lipinski definition) is 4. The van der Waals surface area contributed by atoms with Crippen molar-refractivity contribution in [3.63, 3.8) is 0 Å². The number of rotatable bonds is 5. The Kier molecular flexibility index (Phi) is 5.17. The number of methoxy groups -OCH3 is 1. The first-order valence-corrected chi connectivity index (χ1v) is 7.72. The summed E-state index contributed by atoms with van der Waals surface area (Å²) in [6.07, 6.45) is 1.76. The van der Waals surface area contributed by atoms with Crippen LogP contribution in [0, 0.1) is 0 Å². The fraction of sp³-hybridized carbons (Fsp3) is 0.250. The largest absolute Gasteiger partial charge is 0.481 e. The number of pyridine rings is 1. The van der Waals surface area contributed by atoms with Crippen LogP contribution in [-0.2, 0) is 13.1 Å². The van der Waals surface area contributed by atoms with Crippen LogP contribution in [0.3, 0.4) is 0 Å². The lowest BCUT2D eigenvalue weighted by Gasteiger charge is -2.04. The van der Waals surface area contributed by atoms with E-state index in [1.54, 1.807) is 24.6 Å². The van der Waals surface area contributed by atoms with E-state index in [0.29, 0.717) is 5.88 Å². The number of nitrogens with zero attached hydrogens (tertiary/aromatic N) is 1. The maximum atomic E-state index is 5.09. The predicted octanol–water partition coefficient (Wildman–Crippen LogP) is 3.97. The normalized spacial score (nSPS) is 10.6. The molecule has 0 aliphatic heterocycles. The third kappa shape index (κ3) is 3.78. The van der Waals surface area contributed by atoms with Crippen LogP contribution in [0.15, 0.2) is 32.7 Å². The number of nitrogens with one attached hydrogen (secondary N) is 1. The molecule has 0 aliphatic carbocycles. The molecule has 0 saturated carbocycles. The minimum absolute atomic E-state index is 0.649. The van der Waals surface area contributed by atoms with Crippen LogP contribution in [0.1, 0.15) is 10.4 Å². The zero-order valence-electron chi connectivity index (χ0n) is 9.74.